The normalized spacial score (nSPS) is 11.9. The Hall–Kier alpha value is -5.79. The third-order valence-electron chi connectivity index (χ3n) is 8.60. The van der Waals surface area contributed by atoms with Crippen molar-refractivity contribution in [1.29, 1.82) is 5.26 Å². The standard InChI is InChI=1S/C38H23N3O/c1-23-16-19-36-31(20-23)29-12-7-15-35(38(29)42-36)41-33-14-5-3-10-27(33)30-21-25(17-18-34(30)41)40-32-13-4-2-9-26(32)28-11-6-8-24(22-39)37(28)40/h2-21H,1H3. The van der Waals surface area contributed by atoms with Crippen molar-refractivity contribution in [3.05, 3.63) is 132 Å². The molecule has 0 saturated heterocycles. The summed E-state index contributed by atoms with van der Waals surface area (Å²) in [6.45, 7) is 2.11. The highest BCUT2D eigenvalue weighted by Gasteiger charge is 2.20. The summed E-state index contributed by atoms with van der Waals surface area (Å²) in [7, 11) is 0. The van der Waals surface area contributed by atoms with E-state index in [4.69, 9.17) is 4.42 Å². The van der Waals surface area contributed by atoms with Gasteiger partial charge in [-0.25, -0.2) is 0 Å². The number of hydrogen-bond donors (Lipinski definition) is 0. The molecule has 0 atom stereocenters. The van der Waals surface area contributed by atoms with Gasteiger partial charge in [-0.1, -0.05) is 72.3 Å². The van der Waals surface area contributed by atoms with Crippen LogP contribution in [0.5, 0.6) is 0 Å². The molecule has 0 aliphatic heterocycles. The van der Waals surface area contributed by atoms with Gasteiger partial charge < -0.3 is 13.6 Å². The van der Waals surface area contributed by atoms with Crippen LogP contribution in [0, 0.1) is 18.3 Å². The van der Waals surface area contributed by atoms with Crippen LogP contribution < -0.4 is 0 Å². The maximum absolute atomic E-state index is 10.1. The summed E-state index contributed by atoms with van der Waals surface area (Å²) < 4.78 is 11.1. The third kappa shape index (κ3) is 3.00. The van der Waals surface area contributed by atoms with Crippen molar-refractivity contribution in [3.8, 4) is 17.4 Å². The molecule has 3 aromatic heterocycles. The molecule has 0 aliphatic rings. The fourth-order valence-corrected chi connectivity index (χ4v) is 6.81. The number of aromatic nitrogens is 2. The van der Waals surface area contributed by atoms with Crippen LogP contribution in [0.4, 0.5) is 0 Å². The molecule has 0 aliphatic carbocycles. The molecule has 9 aromatic rings. The summed E-state index contributed by atoms with van der Waals surface area (Å²) in [6.07, 6.45) is 0. The third-order valence-corrected chi connectivity index (χ3v) is 8.60. The van der Waals surface area contributed by atoms with Crippen LogP contribution in [-0.2, 0) is 0 Å². The van der Waals surface area contributed by atoms with Gasteiger partial charge in [-0.15, -0.1) is 0 Å². The molecule has 0 spiro atoms. The Morgan fingerprint density at radius 3 is 2.10 bits per heavy atom. The van der Waals surface area contributed by atoms with Crippen molar-refractivity contribution in [1.82, 2.24) is 9.13 Å². The first kappa shape index (κ1) is 23.0. The van der Waals surface area contributed by atoms with Crippen LogP contribution in [-0.4, -0.2) is 9.13 Å². The van der Waals surface area contributed by atoms with Gasteiger partial charge in [-0.2, -0.15) is 5.26 Å². The largest absolute Gasteiger partial charge is 0.454 e. The van der Waals surface area contributed by atoms with E-state index >= 15 is 0 Å². The van der Waals surface area contributed by atoms with Gasteiger partial charge in [0, 0.05) is 38.0 Å². The number of aryl methyl sites for hydroxylation is 1. The van der Waals surface area contributed by atoms with E-state index in [0.29, 0.717) is 5.56 Å². The molecule has 0 amide bonds. The summed E-state index contributed by atoms with van der Waals surface area (Å²) in [4.78, 5) is 0. The fourth-order valence-electron chi connectivity index (χ4n) is 6.81. The van der Waals surface area contributed by atoms with E-state index in [1.165, 1.54) is 10.9 Å². The quantitative estimate of drug-likeness (QED) is 0.220. The van der Waals surface area contributed by atoms with E-state index in [0.717, 1.165) is 71.5 Å². The lowest BCUT2D eigenvalue weighted by molar-refractivity contribution is 0.666. The smallest absolute Gasteiger partial charge is 0.159 e. The minimum atomic E-state index is 0.665. The maximum Gasteiger partial charge on any atom is 0.159 e. The van der Waals surface area contributed by atoms with Gasteiger partial charge in [-0.05, 0) is 61.5 Å². The van der Waals surface area contributed by atoms with Gasteiger partial charge >= 0.3 is 0 Å². The first-order valence-electron chi connectivity index (χ1n) is 14.1. The minimum Gasteiger partial charge on any atom is -0.454 e. The highest BCUT2D eigenvalue weighted by atomic mass is 16.3. The zero-order chi connectivity index (χ0) is 27.9. The van der Waals surface area contributed by atoms with Crippen molar-refractivity contribution in [2.75, 3.05) is 0 Å². The van der Waals surface area contributed by atoms with E-state index < -0.39 is 0 Å². The molecular formula is C38H23N3O. The van der Waals surface area contributed by atoms with Crippen LogP contribution in [0.15, 0.2) is 126 Å². The minimum absolute atomic E-state index is 0.665. The number of hydrogen-bond acceptors (Lipinski definition) is 2. The van der Waals surface area contributed by atoms with Gasteiger partial charge in [0.15, 0.2) is 5.58 Å². The Kier molecular flexibility index (Phi) is 4.57. The second kappa shape index (κ2) is 8.36. The van der Waals surface area contributed by atoms with Crippen LogP contribution >= 0.6 is 0 Å². The van der Waals surface area contributed by atoms with Crippen molar-refractivity contribution in [2.45, 2.75) is 6.92 Å². The van der Waals surface area contributed by atoms with E-state index in [1.807, 2.05) is 12.1 Å². The summed E-state index contributed by atoms with van der Waals surface area (Å²) in [5.41, 5.74) is 9.94. The average molecular weight is 538 g/mol. The van der Waals surface area contributed by atoms with Crippen molar-refractivity contribution in [2.24, 2.45) is 0 Å². The van der Waals surface area contributed by atoms with Crippen LogP contribution in [0.3, 0.4) is 0 Å². The average Bonchev–Trinajstić information content (AvgIpc) is 3.68. The molecule has 0 bridgehead atoms. The lowest BCUT2D eigenvalue weighted by atomic mass is 10.1. The summed E-state index contributed by atoms with van der Waals surface area (Å²) in [5, 5.41) is 16.8. The Bertz CT molecular complexity index is 2600. The lowest BCUT2D eigenvalue weighted by Crippen LogP contribution is -1.97. The Labute approximate surface area is 240 Å². The number of nitrogens with zero attached hydrogens (tertiary/aromatic N) is 3. The number of benzene rings is 6. The van der Waals surface area contributed by atoms with Crippen LogP contribution in [0.1, 0.15) is 11.1 Å². The molecule has 6 aromatic carbocycles. The zero-order valence-electron chi connectivity index (χ0n) is 22.8. The fraction of sp³-hybridized carbons (Fsp3) is 0.0263. The first-order valence-corrected chi connectivity index (χ1v) is 14.1. The van der Waals surface area contributed by atoms with E-state index in [2.05, 4.69) is 131 Å². The molecule has 4 heteroatoms. The van der Waals surface area contributed by atoms with Gasteiger partial charge in [0.25, 0.3) is 0 Å². The molecule has 0 saturated carbocycles. The number of furan rings is 1. The topological polar surface area (TPSA) is 46.8 Å². The van der Waals surface area contributed by atoms with Crippen molar-refractivity contribution >= 4 is 65.6 Å². The molecule has 0 radical (unpaired) electrons. The lowest BCUT2D eigenvalue weighted by Gasteiger charge is -2.11. The molecule has 0 unspecified atom stereocenters. The molecule has 42 heavy (non-hydrogen) atoms. The summed E-state index contributed by atoms with van der Waals surface area (Å²) >= 11 is 0. The summed E-state index contributed by atoms with van der Waals surface area (Å²) in [6, 6.07) is 44.7. The van der Waals surface area contributed by atoms with Gasteiger partial charge in [0.2, 0.25) is 0 Å². The molecule has 0 fully saturated rings. The van der Waals surface area contributed by atoms with Crippen molar-refractivity contribution in [3.63, 3.8) is 0 Å². The number of para-hydroxylation sites is 4. The zero-order valence-corrected chi connectivity index (χ0v) is 22.8. The van der Waals surface area contributed by atoms with Gasteiger partial charge in [0.1, 0.15) is 11.7 Å². The van der Waals surface area contributed by atoms with Crippen molar-refractivity contribution < 1.29 is 4.42 Å². The number of rotatable bonds is 2. The first-order chi connectivity index (χ1) is 20.7. The highest BCUT2D eigenvalue weighted by Crippen LogP contribution is 2.40. The highest BCUT2D eigenvalue weighted by molar-refractivity contribution is 6.14. The Morgan fingerprint density at radius 1 is 0.571 bits per heavy atom. The SMILES string of the molecule is Cc1ccc2oc3c(-n4c5ccccc5c5cc(-n6c7ccccc7c7cccc(C#N)c76)ccc54)cccc3c2c1. The molecule has 4 nitrogen and oxygen atoms in total. The van der Waals surface area contributed by atoms with Gasteiger partial charge in [0.05, 0.1) is 33.3 Å². The number of nitriles is 1. The molecule has 3 heterocycles. The molecule has 0 N–H and O–H groups in total. The number of fused-ring (bicyclic) bond motifs is 9. The van der Waals surface area contributed by atoms with E-state index in [9.17, 15) is 5.26 Å². The molecule has 9 rings (SSSR count). The van der Waals surface area contributed by atoms with Gasteiger partial charge in [-0.3, -0.25) is 0 Å². The van der Waals surface area contributed by atoms with Crippen LogP contribution in [0.2, 0.25) is 0 Å². The Morgan fingerprint density at radius 2 is 1.26 bits per heavy atom. The van der Waals surface area contributed by atoms with E-state index in [1.54, 1.807) is 0 Å². The molecule has 196 valence electrons. The predicted octanol–water partition coefficient (Wildman–Crippen LogP) is 9.96. The van der Waals surface area contributed by atoms with E-state index in [-0.39, 0.29) is 0 Å². The molecular weight excluding hydrogens is 514 g/mol. The maximum atomic E-state index is 10.1. The van der Waals surface area contributed by atoms with Crippen LogP contribution in [0.25, 0.3) is 76.9 Å². The predicted molar refractivity (Wildman–Crippen MR) is 172 cm³/mol. The monoisotopic (exact) mass is 537 g/mol. The second-order valence-corrected chi connectivity index (χ2v) is 11.0. The summed E-state index contributed by atoms with van der Waals surface area (Å²) in [5.74, 6) is 0. The second-order valence-electron chi connectivity index (χ2n) is 11.0. The Balaban J connectivity index is 1.38.